The van der Waals surface area contributed by atoms with Crippen LogP contribution in [-0.2, 0) is 16.0 Å². The SMILES string of the molecule is CCc1cc(=O)[nH]c(-c2cccc(NC(=O)C3(N)CCOCC3)c2)n1.Cl. The van der Waals surface area contributed by atoms with Crippen LogP contribution in [0.3, 0.4) is 0 Å². The second kappa shape index (κ2) is 8.44. The fourth-order valence-electron chi connectivity index (χ4n) is 2.79. The van der Waals surface area contributed by atoms with Crippen molar-refractivity contribution in [3.8, 4) is 11.4 Å². The third kappa shape index (κ3) is 4.49. The Morgan fingerprint density at radius 3 is 2.77 bits per heavy atom. The van der Waals surface area contributed by atoms with Crippen molar-refractivity contribution in [2.45, 2.75) is 31.7 Å². The first-order chi connectivity index (χ1) is 12.0. The maximum atomic E-state index is 12.5. The Balaban J connectivity index is 0.00000243. The number of rotatable bonds is 4. The monoisotopic (exact) mass is 378 g/mol. The average Bonchev–Trinajstić information content (AvgIpc) is 2.62. The maximum Gasteiger partial charge on any atom is 0.251 e. The molecule has 0 saturated carbocycles. The van der Waals surface area contributed by atoms with E-state index in [9.17, 15) is 9.59 Å². The zero-order chi connectivity index (χ0) is 17.9. The highest BCUT2D eigenvalue weighted by Gasteiger charge is 2.35. The third-order valence-corrected chi connectivity index (χ3v) is 4.39. The maximum absolute atomic E-state index is 12.5. The first kappa shape index (κ1) is 20.1. The summed E-state index contributed by atoms with van der Waals surface area (Å²) in [6, 6.07) is 8.68. The molecule has 3 rings (SSSR count). The Kier molecular flexibility index (Phi) is 6.52. The summed E-state index contributed by atoms with van der Waals surface area (Å²) in [4.78, 5) is 31.5. The number of benzene rings is 1. The summed E-state index contributed by atoms with van der Waals surface area (Å²) in [5, 5.41) is 2.87. The standard InChI is InChI=1S/C18H22N4O3.ClH/c1-2-13-11-15(23)22-16(20-13)12-4-3-5-14(10-12)21-17(24)18(19)6-8-25-9-7-18;/h3-5,10-11H,2,6-9,19H2,1H3,(H,21,24)(H,20,22,23);1H. The molecule has 1 aromatic carbocycles. The number of ether oxygens (including phenoxy) is 1. The minimum Gasteiger partial charge on any atom is -0.381 e. The van der Waals surface area contributed by atoms with E-state index in [4.69, 9.17) is 10.5 Å². The summed E-state index contributed by atoms with van der Waals surface area (Å²) >= 11 is 0. The average molecular weight is 379 g/mol. The van der Waals surface area contributed by atoms with E-state index in [-0.39, 0.29) is 23.9 Å². The van der Waals surface area contributed by atoms with E-state index < -0.39 is 5.54 Å². The highest BCUT2D eigenvalue weighted by molar-refractivity contribution is 5.98. The molecule has 8 heteroatoms. The van der Waals surface area contributed by atoms with E-state index in [0.717, 1.165) is 11.3 Å². The normalized spacial score (nSPS) is 15.8. The molecule has 2 aromatic rings. The van der Waals surface area contributed by atoms with Crippen LogP contribution in [0.2, 0.25) is 0 Å². The van der Waals surface area contributed by atoms with Crippen LogP contribution < -0.4 is 16.6 Å². The molecule has 2 heterocycles. The number of carbonyl (C=O) groups excluding carboxylic acids is 1. The molecule has 1 amide bonds. The second-order valence-electron chi connectivity index (χ2n) is 6.24. The molecule has 1 aliphatic heterocycles. The lowest BCUT2D eigenvalue weighted by atomic mass is 9.90. The topological polar surface area (TPSA) is 110 Å². The van der Waals surface area contributed by atoms with Gasteiger partial charge in [0.15, 0.2) is 0 Å². The predicted octanol–water partition coefficient (Wildman–Crippen LogP) is 1.87. The van der Waals surface area contributed by atoms with Gasteiger partial charge < -0.3 is 20.8 Å². The summed E-state index contributed by atoms with van der Waals surface area (Å²) in [6.45, 7) is 2.91. The number of halogens is 1. The predicted molar refractivity (Wildman–Crippen MR) is 103 cm³/mol. The van der Waals surface area contributed by atoms with E-state index in [1.54, 1.807) is 18.2 Å². The molecule has 1 saturated heterocycles. The number of nitrogens with two attached hydrogens (primary N) is 1. The van der Waals surface area contributed by atoms with Crippen LogP contribution in [0.25, 0.3) is 11.4 Å². The van der Waals surface area contributed by atoms with Gasteiger partial charge >= 0.3 is 0 Å². The van der Waals surface area contributed by atoms with Crippen LogP contribution in [0.15, 0.2) is 35.1 Å². The first-order valence-corrected chi connectivity index (χ1v) is 8.39. The van der Waals surface area contributed by atoms with Crippen molar-refractivity contribution >= 4 is 24.0 Å². The van der Waals surface area contributed by atoms with Gasteiger partial charge in [0.25, 0.3) is 5.56 Å². The lowest BCUT2D eigenvalue weighted by Gasteiger charge is -2.31. The third-order valence-electron chi connectivity index (χ3n) is 4.39. The van der Waals surface area contributed by atoms with Gasteiger partial charge in [-0.15, -0.1) is 12.4 Å². The zero-order valence-corrected chi connectivity index (χ0v) is 15.4. The molecule has 0 spiro atoms. The van der Waals surface area contributed by atoms with Crippen molar-refractivity contribution < 1.29 is 9.53 Å². The molecule has 0 radical (unpaired) electrons. The molecule has 140 valence electrons. The fourth-order valence-corrected chi connectivity index (χ4v) is 2.79. The van der Waals surface area contributed by atoms with E-state index >= 15 is 0 Å². The van der Waals surface area contributed by atoms with E-state index in [2.05, 4.69) is 15.3 Å². The number of aromatic amines is 1. The molecule has 0 aliphatic carbocycles. The van der Waals surface area contributed by atoms with Gasteiger partial charge in [-0.25, -0.2) is 4.98 Å². The van der Waals surface area contributed by atoms with Gasteiger partial charge in [-0.05, 0) is 31.4 Å². The van der Waals surface area contributed by atoms with Crippen molar-refractivity contribution in [3.05, 3.63) is 46.4 Å². The zero-order valence-electron chi connectivity index (χ0n) is 14.6. The van der Waals surface area contributed by atoms with Crippen LogP contribution in [-0.4, -0.2) is 34.6 Å². The van der Waals surface area contributed by atoms with Crippen LogP contribution in [0.5, 0.6) is 0 Å². The molecule has 1 fully saturated rings. The van der Waals surface area contributed by atoms with Gasteiger partial charge in [0.1, 0.15) is 11.4 Å². The summed E-state index contributed by atoms with van der Waals surface area (Å²) in [7, 11) is 0. The van der Waals surface area contributed by atoms with Gasteiger partial charge in [0.05, 0.1) is 0 Å². The number of aryl methyl sites for hydroxylation is 1. The Morgan fingerprint density at radius 2 is 2.08 bits per heavy atom. The van der Waals surface area contributed by atoms with Crippen LogP contribution in [0.4, 0.5) is 5.69 Å². The molecule has 4 N–H and O–H groups in total. The highest BCUT2D eigenvalue weighted by Crippen LogP contribution is 2.23. The van der Waals surface area contributed by atoms with E-state index in [1.165, 1.54) is 6.07 Å². The molecule has 1 aromatic heterocycles. The number of aromatic nitrogens is 2. The number of nitrogens with zero attached hydrogens (tertiary/aromatic N) is 1. The van der Waals surface area contributed by atoms with Gasteiger partial charge in [-0.1, -0.05) is 19.1 Å². The molecular weight excluding hydrogens is 356 g/mol. The minimum absolute atomic E-state index is 0. The Bertz CT molecular complexity index is 831. The van der Waals surface area contributed by atoms with Gasteiger partial charge in [0, 0.05) is 36.2 Å². The quantitative estimate of drug-likeness (QED) is 0.752. The second-order valence-corrected chi connectivity index (χ2v) is 6.24. The number of hydrogen-bond donors (Lipinski definition) is 3. The van der Waals surface area contributed by atoms with Crippen LogP contribution >= 0.6 is 12.4 Å². The molecule has 0 bridgehead atoms. The number of hydrogen-bond acceptors (Lipinski definition) is 5. The lowest BCUT2D eigenvalue weighted by molar-refractivity contribution is -0.124. The number of anilines is 1. The molecule has 0 unspecified atom stereocenters. The van der Waals surface area contributed by atoms with Crippen LogP contribution in [0, 0.1) is 0 Å². The number of carbonyl (C=O) groups is 1. The van der Waals surface area contributed by atoms with Gasteiger partial charge in [-0.3, -0.25) is 9.59 Å². The van der Waals surface area contributed by atoms with Crippen molar-refractivity contribution in [3.63, 3.8) is 0 Å². The number of H-pyrrole nitrogens is 1. The van der Waals surface area contributed by atoms with Crippen LogP contribution in [0.1, 0.15) is 25.5 Å². The first-order valence-electron chi connectivity index (χ1n) is 8.39. The molecule has 26 heavy (non-hydrogen) atoms. The van der Waals surface area contributed by atoms with E-state index in [0.29, 0.717) is 44.0 Å². The molecule has 7 nitrogen and oxygen atoms in total. The molecule has 0 atom stereocenters. The summed E-state index contributed by atoms with van der Waals surface area (Å²) in [5.41, 5.74) is 7.15. The minimum atomic E-state index is -0.914. The highest BCUT2D eigenvalue weighted by atomic mass is 35.5. The molecule has 1 aliphatic rings. The Morgan fingerprint density at radius 1 is 1.35 bits per heavy atom. The van der Waals surface area contributed by atoms with Crippen molar-refractivity contribution in [1.82, 2.24) is 9.97 Å². The summed E-state index contributed by atoms with van der Waals surface area (Å²) in [6.07, 6.45) is 1.66. The largest absolute Gasteiger partial charge is 0.381 e. The molecular formula is C18H23ClN4O3. The Hall–Kier alpha value is -2.22. The number of amides is 1. The van der Waals surface area contributed by atoms with Crippen molar-refractivity contribution in [1.29, 1.82) is 0 Å². The van der Waals surface area contributed by atoms with Gasteiger partial charge in [-0.2, -0.15) is 0 Å². The van der Waals surface area contributed by atoms with Crippen molar-refractivity contribution in [2.75, 3.05) is 18.5 Å². The fraction of sp³-hybridized carbons (Fsp3) is 0.389. The van der Waals surface area contributed by atoms with Gasteiger partial charge in [0.2, 0.25) is 5.91 Å². The smallest absolute Gasteiger partial charge is 0.251 e. The Labute approximate surface area is 157 Å². The lowest BCUT2D eigenvalue weighted by Crippen LogP contribution is -2.54. The summed E-state index contributed by atoms with van der Waals surface area (Å²) in [5.74, 6) is 0.255. The summed E-state index contributed by atoms with van der Waals surface area (Å²) < 4.78 is 5.27. The van der Waals surface area contributed by atoms with E-state index in [1.807, 2.05) is 13.0 Å². The van der Waals surface area contributed by atoms with Crippen molar-refractivity contribution in [2.24, 2.45) is 5.73 Å². The number of nitrogens with one attached hydrogen (secondary N) is 2.